The first-order chi connectivity index (χ1) is 17.3. The highest BCUT2D eigenvalue weighted by Gasteiger charge is 2.54. The third-order valence-corrected chi connectivity index (χ3v) is 9.93. The first-order valence-corrected chi connectivity index (χ1v) is 14.3. The zero-order chi connectivity index (χ0) is 25.0. The standard InChI is InChI=1S/C31H36BrN3O/c1-19-7-9-20(10-8-19)18-35-29-25-14-13-24(32)15-21(25)5-4-6-26(29)28(34-35)30(36)33-17-22-11-12-23-16-27(22)31(23,2)3/h7-10,13-15,22-23,27H,4-6,11-12,16-18H2,1-3H3,(H,33,36). The number of hydrogen-bond acceptors (Lipinski definition) is 2. The maximum absolute atomic E-state index is 13.6. The number of benzene rings is 2. The third kappa shape index (κ3) is 4.13. The number of aromatic nitrogens is 2. The minimum atomic E-state index is -0.00581. The molecule has 3 aromatic rings. The van der Waals surface area contributed by atoms with Crippen molar-refractivity contribution in [2.45, 2.75) is 65.8 Å². The molecule has 4 aliphatic carbocycles. The summed E-state index contributed by atoms with van der Waals surface area (Å²) in [6.45, 7) is 8.37. The number of fused-ring (bicyclic) bond motifs is 5. The lowest BCUT2D eigenvalue weighted by Gasteiger charge is -2.60. The predicted molar refractivity (Wildman–Crippen MR) is 148 cm³/mol. The highest BCUT2D eigenvalue weighted by atomic mass is 79.9. The van der Waals surface area contributed by atoms with E-state index in [1.165, 1.54) is 41.5 Å². The first kappa shape index (κ1) is 24.0. The lowest BCUT2D eigenvalue weighted by atomic mass is 9.45. The fraction of sp³-hybridized carbons (Fsp3) is 0.484. The van der Waals surface area contributed by atoms with Crippen molar-refractivity contribution in [3.63, 3.8) is 0 Å². The van der Waals surface area contributed by atoms with Crippen LogP contribution in [0.25, 0.3) is 11.3 Å². The number of carbonyl (C=O) groups is 1. The highest BCUT2D eigenvalue weighted by Crippen LogP contribution is 2.61. The molecule has 2 aromatic carbocycles. The van der Waals surface area contributed by atoms with Crippen molar-refractivity contribution < 1.29 is 4.79 Å². The van der Waals surface area contributed by atoms with Gasteiger partial charge in [0.05, 0.1) is 12.2 Å². The minimum Gasteiger partial charge on any atom is -0.350 e. The van der Waals surface area contributed by atoms with Crippen molar-refractivity contribution in [3.8, 4) is 11.3 Å². The number of aryl methyl sites for hydroxylation is 2. The number of nitrogens with zero attached hydrogens (tertiary/aromatic N) is 2. The average molecular weight is 547 g/mol. The molecule has 7 rings (SSSR count). The van der Waals surface area contributed by atoms with E-state index < -0.39 is 0 Å². The largest absolute Gasteiger partial charge is 0.350 e. The average Bonchev–Trinajstić information content (AvgIpc) is 3.10. The number of rotatable bonds is 5. The van der Waals surface area contributed by atoms with Crippen LogP contribution >= 0.6 is 15.9 Å². The SMILES string of the molecule is Cc1ccc(Cn2nc(C(=O)NCC3CCC4CC3C4(C)C)c3c2-c2ccc(Br)cc2CCC3)cc1. The van der Waals surface area contributed by atoms with Crippen LogP contribution in [0.1, 0.15) is 72.3 Å². The van der Waals surface area contributed by atoms with Gasteiger partial charge in [-0.2, -0.15) is 5.10 Å². The molecule has 1 heterocycles. The van der Waals surface area contributed by atoms with Crippen LogP contribution in [0.2, 0.25) is 0 Å². The van der Waals surface area contributed by atoms with Gasteiger partial charge in [-0.15, -0.1) is 0 Å². The van der Waals surface area contributed by atoms with Crippen molar-refractivity contribution in [3.05, 3.63) is 74.9 Å². The smallest absolute Gasteiger partial charge is 0.272 e. The fourth-order valence-electron chi connectivity index (χ4n) is 7.17. The van der Waals surface area contributed by atoms with Crippen LogP contribution in [0.4, 0.5) is 0 Å². The molecular weight excluding hydrogens is 510 g/mol. The molecule has 0 aliphatic heterocycles. The van der Waals surface area contributed by atoms with Crippen LogP contribution in [0, 0.1) is 30.1 Å². The Balaban J connectivity index is 1.33. The fourth-order valence-corrected chi connectivity index (χ4v) is 7.58. The highest BCUT2D eigenvalue weighted by molar-refractivity contribution is 9.10. The van der Waals surface area contributed by atoms with Gasteiger partial charge in [0.25, 0.3) is 5.91 Å². The maximum Gasteiger partial charge on any atom is 0.272 e. The molecule has 3 saturated carbocycles. The monoisotopic (exact) mass is 545 g/mol. The molecule has 188 valence electrons. The van der Waals surface area contributed by atoms with Crippen molar-refractivity contribution in [1.29, 1.82) is 0 Å². The summed E-state index contributed by atoms with van der Waals surface area (Å²) in [6, 6.07) is 15.1. The summed E-state index contributed by atoms with van der Waals surface area (Å²) in [4.78, 5) is 13.6. The predicted octanol–water partition coefficient (Wildman–Crippen LogP) is 6.96. The van der Waals surface area contributed by atoms with Gasteiger partial charge >= 0.3 is 0 Å². The Bertz CT molecular complexity index is 1300. The second kappa shape index (κ2) is 9.16. The minimum absolute atomic E-state index is 0.00581. The number of halogens is 1. The van der Waals surface area contributed by atoms with Gasteiger partial charge in [0.2, 0.25) is 0 Å². The Kier molecular flexibility index (Phi) is 6.10. The van der Waals surface area contributed by atoms with Crippen molar-refractivity contribution in [1.82, 2.24) is 15.1 Å². The molecule has 2 bridgehead atoms. The third-order valence-electron chi connectivity index (χ3n) is 9.44. The van der Waals surface area contributed by atoms with Gasteiger partial charge < -0.3 is 5.32 Å². The van der Waals surface area contributed by atoms with Gasteiger partial charge in [-0.3, -0.25) is 9.48 Å². The molecule has 3 unspecified atom stereocenters. The van der Waals surface area contributed by atoms with Gasteiger partial charge in [0.15, 0.2) is 5.69 Å². The van der Waals surface area contributed by atoms with E-state index in [9.17, 15) is 4.79 Å². The molecule has 4 aliphatic rings. The molecule has 3 fully saturated rings. The molecule has 1 N–H and O–H groups in total. The van der Waals surface area contributed by atoms with E-state index in [0.717, 1.165) is 53.4 Å². The lowest BCUT2D eigenvalue weighted by Crippen LogP contribution is -2.54. The van der Waals surface area contributed by atoms with Crippen LogP contribution in [0.3, 0.4) is 0 Å². The summed E-state index contributed by atoms with van der Waals surface area (Å²) in [6.07, 6.45) is 6.78. The van der Waals surface area contributed by atoms with Gasteiger partial charge in [0.1, 0.15) is 0 Å². The van der Waals surface area contributed by atoms with Crippen LogP contribution in [0.15, 0.2) is 46.9 Å². The zero-order valence-corrected chi connectivity index (χ0v) is 23.2. The van der Waals surface area contributed by atoms with E-state index >= 15 is 0 Å². The number of nitrogens with one attached hydrogen (secondary N) is 1. The topological polar surface area (TPSA) is 46.9 Å². The van der Waals surface area contributed by atoms with Gasteiger partial charge in [-0.05, 0) is 91.9 Å². The number of hydrogen-bond donors (Lipinski definition) is 1. The Morgan fingerprint density at radius 3 is 2.69 bits per heavy atom. The van der Waals surface area contributed by atoms with Crippen LogP contribution in [0.5, 0.6) is 0 Å². The molecule has 36 heavy (non-hydrogen) atoms. The number of carbonyl (C=O) groups excluding carboxylic acids is 1. The Morgan fingerprint density at radius 1 is 1.14 bits per heavy atom. The summed E-state index contributed by atoms with van der Waals surface area (Å²) in [5.74, 6) is 2.19. The zero-order valence-electron chi connectivity index (χ0n) is 21.6. The van der Waals surface area contributed by atoms with Crippen LogP contribution in [-0.2, 0) is 19.4 Å². The number of amides is 1. The normalized spacial score (nSPS) is 23.7. The molecular formula is C31H36BrN3O. The van der Waals surface area contributed by atoms with E-state index in [0.29, 0.717) is 23.6 Å². The van der Waals surface area contributed by atoms with E-state index in [2.05, 4.69) is 89.2 Å². The van der Waals surface area contributed by atoms with Crippen molar-refractivity contribution in [2.24, 2.45) is 23.2 Å². The van der Waals surface area contributed by atoms with E-state index in [4.69, 9.17) is 5.10 Å². The molecule has 4 nitrogen and oxygen atoms in total. The Morgan fingerprint density at radius 2 is 1.94 bits per heavy atom. The van der Waals surface area contributed by atoms with E-state index in [-0.39, 0.29) is 5.91 Å². The van der Waals surface area contributed by atoms with Crippen molar-refractivity contribution in [2.75, 3.05) is 6.54 Å². The maximum atomic E-state index is 13.6. The first-order valence-electron chi connectivity index (χ1n) is 13.5. The Labute approximate surface area is 223 Å². The second-order valence-electron chi connectivity index (χ2n) is 11.9. The molecule has 0 radical (unpaired) electrons. The second-order valence-corrected chi connectivity index (χ2v) is 12.8. The summed E-state index contributed by atoms with van der Waals surface area (Å²) in [7, 11) is 0. The van der Waals surface area contributed by atoms with Gasteiger partial charge in [0, 0.05) is 22.1 Å². The molecule has 3 atom stereocenters. The van der Waals surface area contributed by atoms with Gasteiger partial charge in [-0.1, -0.05) is 65.7 Å². The molecule has 0 saturated heterocycles. The lowest BCUT2D eigenvalue weighted by molar-refractivity contribution is -0.103. The molecule has 1 amide bonds. The van der Waals surface area contributed by atoms with Gasteiger partial charge in [-0.25, -0.2) is 0 Å². The van der Waals surface area contributed by atoms with Crippen LogP contribution < -0.4 is 5.32 Å². The van der Waals surface area contributed by atoms with E-state index in [1.807, 2.05) is 0 Å². The summed E-state index contributed by atoms with van der Waals surface area (Å²) < 4.78 is 3.17. The Hall–Kier alpha value is -2.40. The summed E-state index contributed by atoms with van der Waals surface area (Å²) in [5, 5.41) is 8.31. The molecule has 5 heteroatoms. The van der Waals surface area contributed by atoms with E-state index in [1.54, 1.807) is 0 Å². The summed E-state index contributed by atoms with van der Waals surface area (Å²) in [5.41, 5.74) is 8.24. The quantitative estimate of drug-likeness (QED) is 0.376. The van der Waals surface area contributed by atoms with Crippen LogP contribution in [-0.4, -0.2) is 22.2 Å². The molecule has 0 spiro atoms. The molecule has 1 aromatic heterocycles. The summed E-state index contributed by atoms with van der Waals surface area (Å²) >= 11 is 3.65. The van der Waals surface area contributed by atoms with Crippen molar-refractivity contribution >= 4 is 21.8 Å².